The molecule has 1 fully saturated rings. The molecule has 1 saturated heterocycles. The summed E-state index contributed by atoms with van der Waals surface area (Å²) < 4.78 is 13.6. The van der Waals surface area contributed by atoms with Crippen molar-refractivity contribution in [2.24, 2.45) is 11.1 Å². The third kappa shape index (κ3) is 4.41. The molecular weight excluding hydrogens is 305 g/mol. The van der Waals surface area contributed by atoms with Gasteiger partial charge >= 0.3 is 0 Å². The number of rotatable bonds is 4. The molecule has 2 rings (SSSR count). The van der Waals surface area contributed by atoms with Crippen LogP contribution in [0, 0.1) is 11.2 Å². The standard InChI is InChI=1S/C16H23ClFN3O/c1-16(2)10-21(7-5-14(16)19)8-6-15(22)20-13-4-3-11(17)9-12(13)18/h3-4,9,14H,5-8,10,19H2,1-2H3,(H,20,22). The van der Waals surface area contributed by atoms with E-state index >= 15 is 0 Å². The summed E-state index contributed by atoms with van der Waals surface area (Å²) in [7, 11) is 0. The lowest BCUT2D eigenvalue weighted by Gasteiger charge is -2.42. The van der Waals surface area contributed by atoms with E-state index in [0.717, 1.165) is 19.5 Å². The van der Waals surface area contributed by atoms with Crippen LogP contribution in [0.25, 0.3) is 0 Å². The second-order valence-electron chi connectivity index (χ2n) is 6.58. The summed E-state index contributed by atoms with van der Waals surface area (Å²) in [5, 5.41) is 2.89. The predicted molar refractivity (Wildman–Crippen MR) is 87.5 cm³/mol. The predicted octanol–water partition coefficient (Wildman–Crippen LogP) is 2.87. The van der Waals surface area contributed by atoms with Gasteiger partial charge in [-0.2, -0.15) is 0 Å². The van der Waals surface area contributed by atoms with E-state index in [2.05, 4.69) is 24.1 Å². The zero-order chi connectivity index (χ0) is 16.3. The Bertz CT molecular complexity index is 550. The number of hydrogen-bond donors (Lipinski definition) is 2. The average Bonchev–Trinajstić information content (AvgIpc) is 2.43. The number of piperidine rings is 1. The number of halogens is 2. The molecule has 0 aliphatic carbocycles. The number of nitrogens with zero attached hydrogens (tertiary/aromatic N) is 1. The van der Waals surface area contributed by atoms with Crippen molar-refractivity contribution < 1.29 is 9.18 Å². The minimum Gasteiger partial charge on any atom is -0.327 e. The Hall–Kier alpha value is -1.17. The van der Waals surface area contributed by atoms with Gasteiger partial charge in [0.1, 0.15) is 5.82 Å². The molecule has 6 heteroatoms. The Morgan fingerprint density at radius 3 is 2.91 bits per heavy atom. The van der Waals surface area contributed by atoms with Gasteiger partial charge in [-0.3, -0.25) is 4.79 Å². The molecule has 22 heavy (non-hydrogen) atoms. The highest BCUT2D eigenvalue weighted by atomic mass is 35.5. The fourth-order valence-electron chi connectivity index (χ4n) is 2.74. The number of nitrogens with one attached hydrogen (secondary N) is 1. The van der Waals surface area contributed by atoms with E-state index < -0.39 is 5.82 Å². The highest BCUT2D eigenvalue weighted by Gasteiger charge is 2.33. The molecule has 1 aromatic carbocycles. The summed E-state index contributed by atoms with van der Waals surface area (Å²) in [5.41, 5.74) is 6.32. The monoisotopic (exact) mass is 327 g/mol. The van der Waals surface area contributed by atoms with Crippen LogP contribution in [0.2, 0.25) is 5.02 Å². The van der Waals surface area contributed by atoms with E-state index in [9.17, 15) is 9.18 Å². The topological polar surface area (TPSA) is 58.4 Å². The number of benzene rings is 1. The summed E-state index contributed by atoms with van der Waals surface area (Å²) in [4.78, 5) is 14.2. The van der Waals surface area contributed by atoms with Crippen molar-refractivity contribution in [2.75, 3.05) is 25.0 Å². The van der Waals surface area contributed by atoms with Crippen LogP contribution in [0.3, 0.4) is 0 Å². The maximum Gasteiger partial charge on any atom is 0.225 e. The first-order chi connectivity index (χ1) is 10.3. The summed E-state index contributed by atoms with van der Waals surface area (Å²) in [6.45, 7) is 6.71. The molecule has 1 heterocycles. The fraction of sp³-hybridized carbons (Fsp3) is 0.562. The van der Waals surface area contributed by atoms with Crippen molar-refractivity contribution in [2.45, 2.75) is 32.7 Å². The molecule has 0 saturated carbocycles. The molecule has 0 radical (unpaired) electrons. The summed E-state index contributed by atoms with van der Waals surface area (Å²) in [6.07, 6.45) is 1.26. The van der Waals surface area contributed by atoms with Crippen LogP contribution in [-0.2, 0) is 4.79 Å². The quantitative estimate of drug-likeness (QED) is 0.894. The van der Waals surface area contributed by atoms with Gasteiger partial charge in [-0.05, 0) is 36.6 Å². The zero-order valence-corrected chi connectivity index (χ0v) is 13.8. The molecule has 0 bridgehead atoms. The summed E-state index contributed by atoms with van der Waals surface area (Å²) in [5.74, 6) is -0.722. The molecule has 1 aliphatic rings. The lowest BCUT2D eigenvalue weighted by atomic mass is 9.80. The maximum absolute atomic E-state index is 13.6. The number of amides is 1. The minimum atomic E-state index is -0.522. The van der Waals surface area contributed by atoms with Crippen molar-refractivity contribution in [1.82, 2.24) is 4.90 Å². The van der Waals surface area contributed by atoms with Crippen LogP contribution >= 0.6 is 11.6 Å². The first-order valence-corrected chi connectivity index (χ1v) is 7.88. The van der Waals surface area contributed by atoms with Crippen molar-refractivity contribution >= 4 is 23.2 Å². The van der Waals surface area contributed by atoms with Gasteiger partial charge in [-0.1, -0.05) is 25.4 Å². The number of anilines is 1. The third-order valence-corrected chi connectivity index (χ3v) is 4.49. The van der Waals surface area contributed by atoms with E-state index in [4.69, 9.17) is 17.3 Å². The molecule has 1 unspecified atom stereocenters. The van der Waals surface area contributed by atoms with Gasteiger partial charge in [-0.15, -0.1) is 0 Å². The van der Waals surface area contributed by atoms with E-state index in [1.54, 1.807) is 6.07 Å². The van der Waals surface area contributed by atoms with E-state index in [1.165, 1.54) is 12.1 Å². The molecule has 1 aromatic rings. The van der Waals surface area contributed by atoms with Crippen molar-refractivity contribution in [3.05, 3.63) is 29.0 Å². The lowest BCUT2D eigenvalue weighted by Crippen LogP contribution is -2.52. The number of nitrogens with two attached hydrogens (primary N) is 1. The number of carbonyl (C=O) groups excluding carboxylic acids is 1. The Morgan fingerprint density at radius 2 is 2.27 bits per heavy atom. The van der Waals surface area contributed by atoms with Gasteiger partial charge in [-0.25, -0.2) is 4.39 Å². The van der Waals surface area contributed by atoms with Crippen molar-refractivity contribution in [3.63, 3.8) is 0 Å². The van der Waals surface area contributed by atoms with Crippen LogP contribution in [0.5, 0.6) is 0 Å². The Labute approximate surface area is 135 Å². The largest absolute Gasteiger partial charge is 0.327 e. The maximum atomic E-state index is 13.6. The van der Waals surface area contributed by atoms with Crippen molar-refractivity contribution in [3.8, 4) is 0 Å². The normalized spacial score (nSPS) is 21.6. The third-order valence-electron chi connectivity index (χ3n) is 4.25. The molecular formula is C16H23ClFN3O. The van der Waals surface area contributed by atoms with Gasteiger partial charge < -0.3 is 16.0 Å². The second-order valence-corrected chi connectivity index (χ2v) is 7.02. The van der Waals surface area contributed by atoms with Gasteiger partial charge in [0.15, 0.2) is 0 Å². The van der Waals surface area contributed by atoms with Crippen LogP contribution < -0.4 is 11.1 Å². The minimum absolute atomic E-state index is 0.0526. The Morgan fingerprint density at radius 1 is 1.55 bits per heavy atom. The van der Waals surface area contributed by atoms with Crippen LogP contribution in [0.1, 0.15) is 26.7 Å². The molecule has 4 nitrogen and oxygen atoms in total. The fourth-order valence-corrected chi connectivity index (χ4v) is 2.90. The molecule has 122 valence electrons. The van der Waals surface area contributed by atoms with Gasteiger partial charge in [0, 0.05) is 30.6 Å². The van der Waals surface area contributed by atoms with Crippen LogP contribution in [0.4, 0.5) is 10.1 Å². The van der Waals surface area contributed by atoms with Crippen LogP contribution in [0.15, 0.2) is 18.2 Å². The molecule has 0 spiro atoms. The number of carbonyl (C=O) groups is 1. The Balaban J connectivity index is 1.83. The first kappa shape index (κ1) is 17.2. The van der Waals surface area contributed by atoms with Gasteiger partial charge in [0.2, 0.25) is 5.91 Å². The number of hydrogen-bond acceptors (Lipinski definition) is 3. The highest BCUT2D eigenvalue weighted by molar-refractivity contribution is 6.30. The number of likely N-dealkylation sites (tertiary alicyclic amines) is 1. The molecule has 3 N–H and O–H groups in total. The first-order valence-electron chi connectivity index (χ1n) is 7.51. The van der Waals surface area contributed by atoms with E-state index in [-0.39, 0.29) is 23.1 Å². The average molecular weight is 328 g/mol. The molecule has 1 amide bonds. The zero-order valence-electron chi connectivity index (χ0n) is 13.0. The van der Waals surface area contributed by atoms with Crippen LogP contribution in [-0.4, -0.2) is 36.5 Å². The van der Waals surface area contributed by atoms with Gasteiger partial charge in [0.25, 0.3) is 0 Å². The smallest absolute Gasteiger partial charge is 0.225 e. The second kappa shape index (κ2) is 6.94. The Kier molecular flexibility index (Phi) is 5.42. The SMILES string of the molecule is CC1(C)CN(CCC(=O)Nc2ccc(Cl)cc2F)CCC1N. The molecule has 1 aliphatic heterocycles. The van der Waals surface area contributed by atoms with Crippen molar-refractivity contribution in [1.29, 1.82) is 0 Å². The summed E-state index contributed by atoms with van der Waals surface area (Å²) >= 11 is 5.69. The highest BCUT2D eigenvalue weighted by Crippen LogP contribution is 2.27. The lowest BCUT2D eigenvalue weighted by molar-refractivity contribution is -0.116. The summed E-state index contributed by atoms with van der Waals surface area (Å²) in [6, 6.07) is 4.40. The molecule has 1 atom stereocenters. The van der Waals surface area contributed by atoms with E-state index in [0.29, 0.717) is 18.0 Å². The molecule has 0 aromatic heterocycles. The van der Waals surface area contributed by atoms with E-state index in [1.807, 2.05) is 0 Å². The van der Waals surface area contributed by atoms with Gasteiger partial charge in [0.05, 0.1) is 5.69 Å².